The van der Waals surface area contributed by atoms with Gasteiger partial charge in [0.2, 0.25) is 0 Å². The second-order valence-electron chi connectivity index (χ2n) is 5.22. The van der Waals surface area contributed by atoms with Crippen molar-refractivity contribution in [2.75, 3.05) is 6.54 Å². The molecule has 0 saturated carbocycles. The third kappa shape index (κ3) is 5.02. The number of furan rings is 1. The maximum absolute atomic E-state index is 6.19. The average Bonchev–Trinajstić information content (AvgIpc) is 3.21. The molecule has 4 nitrogen and oxygen atoms in total. The van der Waals surface area contributed by atoms with Crippen LogP contribution in [0.25, 0.3) is 11.3 Å². The predicted molar refractivity (Wildman–Crippen MR) is 92.7 cm³/mol. The van der Waals surface area contributed by atoms with Crippen molar-refractivity contribution in [3.63, 3.8) is 0 Å². The average molecular weight is 386 g/mol. The summed E-state index contributed by atoms with van der Waals surface area (Å²) in [5.74, 6) is 1.60. The fraction of sp³-hybridized carbons (Fsp3) is 0.235. The Labute approximate surface area is 157 Å². The van der Waals surface area contributed by atoms with Crippen LogP contribution in [0.5, 0.6) is 0 Å². The number of benzene rings is 1. The first-order valence-corrected chi connectivity index (χ1v) is 8.18. The van der Waals surface area contributed by atoms with Crippen LogP contribution in [0.15, 0.2) is 53.5 Å². The van der Waals surface area contributed by atoms with E-state index in [1.165, 1.54) is 0 Å². The molecule has 0 atom stereocenters. The van der Waals surface area contributed by atoms with Gasteiger partial charge in [0.25, 0.3) is 0 Å². The smallest absolute Gasteiger partial charge is 0.135 e. The van der Waals surface area contributed by atoms with Gasteiger partial charge in [0, 0.05) is 29.5 Å². The molecule has 3 aromatic rings. The lowest BCUT2D eigenvalue weighted by Gasteiger charge is -2.04. The highest BCUT2D eigenvalue weighted by atomic mass is 35.5. The van der Waals surface area contributed by atoms with Crippen LogP contribution in [0.3, 0.4) is 0 Å². The van der Waals surface area contributed by atoms with Crippen molar-refractivity contribution in [1.82, 2.24) is 14.9 Å². The van der Waals surface area contributed by atoms with E-state index >= 15 is 0 Å². The predicted octanol–water partition coefficient (Wildman–Crippen LogP) is 1.63. The molecular weight excluding hydrogens is 369 g/mol. The molecule has 1 N–H and O–H groups in total. The monoisotopic (exact) mass is 384 g/mol. The fourth-order valence-corrected chi connectivity index (χ4v) is 2.70. The minimum atomic E-state index is 0. The first-order chi connectivity index (χ1) is 11.2. The van der Waals surface area contributed by atoms with Crippen LogP contribution in [0.1, 0.15) is 12.2 Å². The molecule has 24 heavy (non-hydrogen) atoms. The van der Waals surface area contributed by atoms with E-state index in [9.17, 15) is 0 Å². The molecule has 0 bridgehead atoms. The Balaban J connectivity index is 0.00000208. The number of hydrogen-bond donors (Lipinski definition) is 1. The minimum absolute atomic E-state index is 0. The summed E-state index contributed by atoms with van der Waals surface area (Å²) in [4.78, 5) is 4.02. The van der Waals surface area contributed by atoms with Gasteiger partial charge >= 0.3 is 0 Å². The number of rotatable bonds is 7. The summed E-state index contributed by atoms with van der Waals surface area (Å²) in [5.41, 5.74) is 0.811. The zero-order valence-corrected chi connectivity index (χ0v) is 15.2. The molecule has 0 fully saturated rings. The van der Waals surface area contributed by atoms with Gasteiger partial charge in [-0.2, -0.15) is 0 Å². The largest absolute Gasteiger partial charge is 1.00 e. The summed E-state index contributed by atoms with van der Waals surface area (Å²) in [5, 5.41) is 4.64. The Morgan fingerprint density at radius 3 is 2.83 bits per heavy atom. The van der Waals surface area contributed by atoms with E-state index in [4.69, 9.17) is 27.6 Å². The van der Waals surface area contributed by atoms with Gasteiger partial charge in [0.15, 0.2) is 0 Å². The second-order valence-corrected chi connectivity index (χ2v) is 6.06. The quantitative estimate of drug-likeness (QED) is 0.629. The summed E-state index contributed by atoms with van der Waals surface area (Å²) in [6, 6.07) is 9.22. The van der Waals surface area contributed by atoms with Crippen molar-refractivity contribution in [3.05, 3.63) is 64.9 Å². The van der Waals surface area contributed by atoms with Crippen molar-refractivity contribution < 1.29 is 16.8 Å². The van der Waals surface area contributed by atoms with E-state index in [1.807, 2.05) is 30.7 Å². The van der Waals surface area contributed by atoms with Gasteiger partial charge in [-0.1, -0.05) is 23.2 Å². The molecule has 7 heteroatoms. The molecule has 0 saturated heterocycles. The maximum atomic E-state index is 6.19. The standard InChI is InChI=1S/C17H17Cl2N3O.ClH/c18-13-2-4-16(19)15(10-13)17-5-3-14(23-17)11-20-6-1-8-22-9-7-21-12-22;/h2-5,7,9-10,12,20H,1,6,8,11H2;1H/p-1. The number of hydrogen-bond acceptors (Lipinski definition) is 3. The molecule has 0 unspecified atom stereocenters. The molecule has 128 valence electrons. The zero-order valence-electron chi connectivity index (χ0n) is 12.9. The van der Waals surface area contributed by atoms with Gasteiger partial charge in [-0.3, -0.25) is 0 Å². The number of imidazole rings is 1. The Morgan fingerprint density at radius 2 is 2.04 bits per heavy atom. The van der Waals surface area contributed by atoms with Crippen LogP contribution in [-0.4, -0.2) is 16.1 Å². The van der Waals surface area contributed by atoms with E-state index < -0.39 is 0 Å². The van der Waals surface area contributed by atoms with Crippen LogP contribution in [-0.2, 0) is 13.1 Å². The minimum Gasteiger partial charge on any atom is -1.00 e. The van der Waals surface area contributed by atoms with Crippen molar-refractivity contribution in [3.8, 4) is 11.3 Å². The van der Waals surface area contributed by atoms with E-state index in [2.05, 4.69) is 14.9 Å². The Bertz CT molecular complexity index is 756. The molecule has 0 aliphatic heterocycles. The lowest BCUT2D eigenvalue weighted by Crippen LogP contribution is -3.00. The van der Waals surface area contributed by atoms with Crippen molar-refractivity contribution >= 4 is 23.2 Å². The molecule has 2 aromatic heterocycles. The molecule has 0 aliphatic carbocycles. The molecular formula is C17H17Cl3N3O-. The number of aryl methyl sites for hydroxylation is 1. The molecule has 0 radical (unpaired) electrons. The van der Waals surface area contributed by atoms with E-state index in [0.29, 0.717) is 16.6 Å². The summed E-state index contributed by atoms with van der Waals surface area (Å²) in [6.07, 6.45) is 6.61. The first-order valence-electron chi connectivity index (χ1n) is 7.43. The zero-order chi connectivity index (χ0) is 16.1. The van der Waals surface area contributed by atoms with Gasteiger partial charge in [-0.25, -0.2) is 4.98 Å². The number of nitrogens with one attached hydrogen (secondary N) is 1. The Kier molecular flexibility index (Phi) is 7.18. The van der Waals surface area contributed by atoms with E-state index in [0.717, 1.165) is 36.6 Å². The highest BCUT2D eigenvalue weighted by Gasteiger charge is 2.09. The number of halogens is 3. The van der Waals surface area contributed by atoms with Gasteiger partial charge in [0.05, 0.1) is 17.9 Å². The molecule has 3 rings (SSSR count). The Hall–Kier alpha value is -1.46. The molecule has 0 aliphatic rings. The molecule has 2 heterocycles. The third-order valence-corrected chi connectivity index (χ3v) is 4.05. The van der Waals surface area contributed by atoms with Crippen LogP contribution in [0.2, 0.25) is 10.0 Å². The van der Waals surface area contributed by atoms with Crippen molar-refractivity contribution in [2.45, 2.75) is 19.5 Å². The normalized spacial score (nSPS) is 10.6. The number of aromatic nitrogens is 2. The van der Waals surface area contributed by atoms with Crippen LogP contribution in [0, 0.1) is 0 Å². The molecule has 0 spiro atoms. The SMILES string of the molecule is Clc1ccc(Cl)c(-c2ccc(CNCCCn3ccnc3)o2)c1.[Cl-]. The first kappa shape index (κ1) is 18.9. The van der Waals surface area contributed by atoms with Gasteiger partial charge in [-0.15, -0.1) is 0 Å². The van der Waals surface area contributed by atoms with Crippen LogP contribution in [0.4, 0.5) is 0 Å². The van der Waals surface area contributed by atoms with Gasteiger partial charge in [0.1, 0.15) is 11.5 Å². The maximum Gasteiger partial charge on any atom is 0.135 e. The Morgan fingerprint density at radius 1 is 1.17 bits per heavy atom. The summed E-state index contributed by atoms with van der Waals surface area (Å²) in [6.45, 7) is 2.54. The summed E-state index contributed by atoms with van der Waals surface area (Å²) in [7, 11) is 0. The van der Waals surface area contributed by atoms with Gasteiger partial charge in [-0.05, 0) is 43.3 Å². The highest BCUT2D eigenvalue weighted by molar-refractivity contribution is 6.35. The van der Waals surface area contributed by atoms with Crippen molar-refractivity contribution in [2.24, 2.45) is 0 Å². The third-order valence-electron chi connectivity index (χ3n) is 3.48. The molecule has 0 amide bonds. The fourth-order valence-electron chi connectivity index (χ4n) is 2.32. The van der Waals surface area contributed by atoms with Gasteiger partial charge < -0.3 is 26.7 Å². The molecule has 1 aromatic carbocycles. The lowest BCUT2D eigenvalue weighted by atomic mass is 10.2. The van der Waals surface area contributed by atoms with Crippen LogP contribution >= 0.6 is 23.2 Å². The van der Waals surface area contributed by atoms with Crippen LogP contribution < -0.4 is 17.7 Å². The topological polar surface area (TPSA) is 43.0 Å². The second kappa shape index (κ2) is 9.14. The van der Waals surface area contributed by atoms with E-state index in [1.54, 1.807) is 18.3 Å². The summed E-state index contributed by atoms with van der Waals surface area (Å²) < 4.78 is 7.90. The number of nitrogens with zero attached hydrogens (tertiary/aromatic N) is 2. The van der Waals surface area contributed by atoms with Crippen molar-refractivity contribution in [1.29, 1.82) is 0 Å². The highest BCUT2D eigenvalue weighted by Crippen LogP contribution is 2.31. The lowest BCUT2D eigenvalue weighted by molar-refractivity contribution is -0.00000511. The summed E-state index contributed by atoms with van der Waals surface area (Å²) >= 11 is 12.2. The van der Waals surface area contributed by atoms with E-state index in [-0.39, 0.29) is 12.4 Å².